The molecule has 2 aromatic carbocycles. The van der Waals surface area contributed by atoms with Crippen LogP contribution in [0, 0.1) is 11.3 Å². The summed E-state index contributed by atoms with van der Waals surface area (Å²) in [7, 11) is 0. The first kappa shape index (κ1) is 15.5. The maximum atomic E-state index is 9.09. The van der Waals surface area contributed by atoms with Gasteiger partial charge in [0.25, 0.3) is 0 Å². The first-order chi connectivity index (χ1) is 11.3. The monoisotopic (exact) mass is 322 g/mol. The van der Waals surface area contributed by atoms with Gasteiger partial charge in [0.15, 0.2) is 0 Å². The molecule has 0 spiro atoms. The van der Waals surface area contributed by atoms with E-state index >= 15 is 0 Å². The number of thiocarbonyl (C=S) groups is 1. The van der Waals surface area contributed by atoms with E-state index in [1.54, 1.807) is 6.07 Å². The molecule has 0 bridgehead atoms. The van der Waals surface area contributed by atoms with Crippen molar-refractivity contribution in [3.05, 3.63) is 65.2 Å². The van der Waals surface area contributed by atoms with Crippen LogP contribution in [0.2, 0.25) is 0 Å². The molecule has 1 heterocycles. The zero-order valence-corrected chi connectivity index (χ0v) is 13.7. The van der Waals surface area contributed by atoms with Gasteiger partial charge in [-0.1, -0.05) is 30.4 Å². The van der Waals surface area contributed by atoms with E-state index in [0.29, 0.717) is 12.2 Å². The SMILES string of the molecule is N#Cc1ccccc1COc1ccc(C(=S)N2CCCC2)cc1. The number of nitrogens with zero attached hydrogens (tertiary/aromatic N) is 2. The fourth-order valence-corrected chi connectivity index (χ4v) is 3.03. The second-order valence-corrected chi connectivity index (χ2v) is 5.97. The number of hydrogen-bond donors (Lipinski definition) is 0. The van der Waals surface area contributed by atoms with Crippen molar-refractivity contribution in [3.63, 3.8) is 0 Å². The van der Waals surface area contributed by atoms with Crippen LogP contribution >= 0.6 is 12.2 Å². The van der Waals surface area contributed by atoms with Gasteiger partial charge in [-0.2, -0.15) is 5.26 Å². The van der Waals surface area contributed by atoms with E-state index in [1.165, 1.54) is 12.8 Å². The average molecular weight is 322 g/mol. The highest BCUT2D eigenvalue weighted by Gasteiger charge is 2.15. The zero-order valence-electron chi connectivity index (χ0n) is 12.9. The van der Waals surface area contributed by atoms with Gasteiger partial charge in [0.1, 0.15) is 17.3 Å². The maximum Gasteiger partial charge on any atom is 0.119 e. The minimum atomic E-state index is 0.389. The Balaban J connectivity index is 1.63. The topological polar surface area (TPSA) is 36.3 Å². The Morgan fingerprint density at radius 2 is 1.78 bits per heavy atom. The van der Waals surface area contributed by atoms with Crippen molar-refractivity contribution < 1.29 is 4.74 Å². The lowest BCUT2D eigenvalue weighted by atomic mass is 10.1. The van der Waals surface area contributed by atoms with Crippen molar-refractivity contribution in [1.29, 1.82) is 5.26 Å². The molecular weight excluding hydrogens is 304 g/mol. The van der Waals surface area contributed by atoms with Gasteiger partial charge in [-0.15, -0.1) is 0 Å². The molecule has 3 nitrogen and oxygen atoms in total. The van der Waals surface area contributed by atoms with Gasteiger partial charge in [-0.25, -0.2) is 0 Å². The number of ether oxygens (including phenoxy) is 1. The Morgan fingerprint density at radius 1 is 1.09 bits per heavy atom. The summed E-state index contributed by atoms with van der Waals surface area (Å²) in [6.07, 6.45) is 2.44. The van der Waals surface area contributed by atoms with Crippen LogP contribution in [0.1, 0.15) is 29.5 Å². The predicted octanol–water partition coefficient (Wildman–Crippen LogP) is 3.91. The van der Waals surface area contributed by atoms with E-state index < -0.39 is 0 Å². The van der Waals surface area contributed by atoms with Crippen molar-refractivity contribution in [3.8, 4) is 11.8 Å². The van der Waals surface area contributed by atoms with Gasteiger partial charge < -0.3 is 9.64 Å². The van der Waals surface area contributed by atoms with Gasteiger partial charge >= 0.3 is 0 Å². The van der Waals surface area contributed by atoms with Crippen molar-refractivity contribution in [2.24, 2.45) is 0 Å². The summed E-state index contributed by atoms with van der Waals surface area (Å²) >= 11 is 5.55. The van der Waals surface area contributed by atoms with Crippen molar-refractivity contribution >= 4 is 17.2 Å². The molecule has 1 aliphatic heterocycles. The highest BCUT2D eigenvalue weighted by Crippen LogP contribution is 2.19. The normalized spacial score (nSPS) is 13.6. The fraction of sp³-hybridized carbons (Fsp3) is 0.263. The summed E-state index contributed by atoms with van der Waals surface area (Å²) in [4.78, 5) is 3.18. The summed E-state index contributed by atoms with van der Waals surface area (Å²) in [5.41, 5.74) is 2.61. The largest absolute Gasteiger partial charge is 0.489 e. The van der Waals surface area contributed by atoms with E-state index in [0.717, 1.165) is 35.0 Å². The molecule has 4 heteroatoms. The number of nitriles is 1. The van der Waals surface area contributed by atoms with E-state index in [-0.39, 0.29) is 0 Å². The highest BCUT2D eigenvalue weighted by molar-refractivity contribution is 7.80. The first-order valence-corrected chi connectivity index (χ1v) is 8.19. The third kappa shape index (κ3) is 3.69. The van der Waals surface area contributed by atoms with Crippen LogP contribution in [0.4, 0.5) is 0 Å². The van der Waals surface area contributed by atoms with Crippen molar-refractivity contribution in [1.82, 2.24) is 4.90 Å². The molecule has 0 N–H and O–H groups in total. The van der Waals surface area contributed by atoms with Crippen LogP contribution in [0.25, 0.3) is 0 Å². The fourth-order valence-electron chi connectivity index (χ4n) is 2.71. The predicted molar refractivity (Wildman–Crippen MR) is 94.4 cm³/mol. The lowest BCUT2D eigenvalue weighted by Crippen LogP contribution is -2.26. The first-order valence-electron chi connectivity index (χ1n) is 7.78. The van der Waals surface area contributed by atoms with Crippen LogP contribution < -0.4 is 4.74 Å². The lowest BCUT2D eigenvalue weighted by Gasteiger charge is -2.18. The molecule has 2 aromatic rings. The van der Waals surface area contributed by atoms with Crippen LogP contribution in [0.3, 0.4) is 0 Å². The van der Waals surface area contributed by atoms with Crippen LogP contribution in [-0.4, -0.2) is 23.0 Å². The Morgan fingerprint density at radius 3 is 2.48 bits per heavy atom. The molecule has 0 amide bonds. The number of hydrogen-bond acceptors (Lipinski definition) is 3. The summed E-state index contributed by atoms with van der Waals surface area (Å²) in [5, 5.41) is 9.09. The summed E-state index contributed by atoms with van der Waals surface area (Å²) in [6, 6.07) is 17.6. The molecule has 0 atom stereocenters. The second-order valence-electron chi connectivity index (χ2n) is 5.58. The van der Waals surface area contributed by atoms with Gasteiger partial charge in [-0.05, 0) is 43.2 Å². The van der Waals surface area contributed by atoms with Gasteiger partial charge in [0.2, 0.25) is 0 Å². The number of benzene rings is 2. The molecule has 1 saturated heterocycles. The summed E-state index contributed by atoms with van der Waals surface area (Å²) < 4.78 is 5.79. The number of rotatable bonds is 4. The van der Waals surface area contributed by atoms with Gasteiger partial charge in [0.05, 0.1) is 11.6 Å². The Bertz CT molecular complexity index is 728. The van der Waals surface area contributed by atoms with E-state index in [1.807, 2.05) is 42.5 Å². The third-order valence-corrected chi connectivity index (χ3v) is 4.52. The van der Waals surface area contributed by atoms with E-state index in [2.05, 4.69) is 11.0 Å². The van der Waals surface area contributed by atoms with Gasteiger partial charge in [0, 0.05) is 24.2 Å². The van der Waals surface area contributed by atoms with E-state index in [9.17, 15) is 0 Å². The Labute approximate surface area is 142 Å². The van der Waals surface area contributed by atoms with Crippen molar-refractivity contribution in [2.45, 2.75) is 19.4 Å². The molecule has 23 heavy (non-hydrogen) atoms. The molecule has 0 radical (unpaired) electrons. The molecule has 0 aliphatic carbocycles. The van der Waals surface area contributed by atoms with Gasteiger partial charge in [-0.3, -0.25) is 0 Å². The minimum Gasteiger partial charge on any atom is -0.489 e. The molecule has 0 saturated carbocycles. The molecular formula is C19H18N2OS. The highest BCUT2D eigenvalue weighted by atomic mass is 32.1. The van der Waals surface area contributed by atoms with Crippen molar-refractivity contribution in [2.75, 3.05) is 13.1 Å². The molecule has 0 unspecified atom stereocenters. The summed E-state index contributed by atoms with van der Waals surface area (Å²) in [6.45, 7) is 2.50. The molecule has 3 rings (SSSR count). The number of likely N-dealkylation sites (tertiary alicyclic amines) is 1. The van der Waals surface area contributed by atoms with Crippen LogP contribution in [-0.2, 0) is 6.61 Å². The zero-order chi connectivity index (χ0) is 16.1. The summed E-state index contributed by atoms with van der Waals surface area (Å²) in [5.74, 6) is 0.783. The maximum absolute atomic E-state index is 9.09. The van der Waals surface area contributed by atoms with E-state index in [4.69, 9.17) is 22.2 Å². The Kier molecular flexibility index (Phi) is 4.89. The third-order valence-electron chi connectivity index (χ3n) is 4.03. The molecule has 1 aliphatic rings. The Hall–Kier alpha value is -2.38. The second kappa shape index (κ2) is 7.26. The lowest BCUT2D eigenvalue weighted by molar-refractivity contribution is 0.306. The smallest absolute Gasteiger partial charge is 0.119 e. The standard InChI is InChI=1S/C19H18N2OS/c20-13-16-5-1-2-6-17(16)14-22-18-9-7-15(8-10-18)19(23)21-11-3-4-12-21/h1-2,5-10H,3-4,11-12,14H2. The molecule has 1 fully saturated rings. The molecule has 116 valence electrons. The average Bonchev–Trinajstić information content (AvgIpc) is 3.14. The minimum absolute atomic E-state index is 0.389. The van der Waals surface area contributed by atoms with Crippen LogP contribution in [0.5, 0.6) is 5.75 Å². The quantitative estimate of drug-likeness (QED) is 0.800. The van der Waals surface area contributed by atoms with Crippen LogP contribution in [0.15, 0.2) is 48.5 Å². The molecule has 0 aromatic heterocycles.